The van der Waals surface area contributed by atoms with Crippen molar-refractivity contribution in [3.05, 3.63) is 24.2 Å². The summed E-state index contributed by atoms with van der Waals surface area (Å²) in [5.41, 5.74) is 0.169. The molecule has 0 bridgehead atoms. The van der Waals surface area contributed by atoms with E-state index < -0.39 is 0 Å². The SMILES string of the molecule is CNC(Cc1ccco1)C(C)(C)N1CCCCC1. The summed E-state index contributed by atoms with van der Waals surface area (Å²) in [5, 5.41) is 3.48. The van der Waals surface area contributed by atoms with Crippen molar-refractivity contribution in [2.75, 3.05) is 20.1 Å². The maximum atomic E-state index is 5.49. The molecule has 18 heavy (non-hydrogen) atoms. The highest BCUT2D eigenvalue weighted by Gasteiger charge is 2.35. The highest BCUT2D eigenvalue weighted by Crippen LogP contribution is 2.25. The Labute approximate surface area is 111 Å². The summed E-state index contributed by atoms with van der Waals surface area (Å²) in [6.45, 7) is 7.15. The average molecular weight is 250 g/mol. The highest BCUT2D eigenvalue weighted by molar-refractivity contribution is 5.05. The molecule has 2 heterocycles. The van der Waals surface area contributed by atoms with E-state index in [1.807, 2.05) is 6.07 Å². The first kappa shape index (κ1) is 13.6. The lowest BCUT2D eigenvalue weighted by molar-refractivity contribution is 0.0619. The maximum Gasteiger partial charge on any atom is 0.105 e. The zero-order chi connectivity index (χ0) is 13.0. The van der Waals surface area contributed by atoms with E-state index >= 15 is 0 Å². The van der Waals surface area contributed by atoms with E-state index in [2.05, 4.69) is 37.2 Å². The number of likely N-dealkylation sites (tertiary alicyclic amines) is 1. The lowest BCUT2D eigenvalue weighted by Gasteiger charge is -2.45. The molecule has 1 aromatic heterocycles. The number of likely N-dealkylation sites (N-methyl/N-ethyl adjacent to an activating group) is 1. The first-order valence-corrected chi connectivity index (χ1v) is 7.09. The van der Waals surface area contributed by atoms with Gasteiger partial charge in [0.15, 0.2) is 0 Å². The molecule has 1 aliphatic heterocycles. The Morgan fingerprint density at radius 1 is 1.33 bits per heavy atom. The Morgan fingerprint density at radius 2 is 2.06 bits per heavy atom. The molecular formula is C15H26N2O. The van der Waals surface area contributed by atoms with Gasteiger partial charge in [0.1, 0.15) is 5.76 Å². The van der Waals surface area contributed by atoms with Gasteiger partial charge in [0, 0.05) is 18.0 Å². The molecule has 3 heteroatoms. The zero-order valence-corrected chi connectivity index (χ0v) is 11.9. The molecule has 1 saturated heterocycles. The van der Waals surface area contributed by atoms with E-state index in [4.69, 9.17) is 4.42 Å². The van der Waals surface area contributed by atoms with Crippen LogP contribution in [0.5, 0.6) is 0 Å². The smallest absolute Gasteiger partial charge is 0.105 e. The molecule has 0 aromatic carbocycles. The molecule has 1 fully saturated rings. The second-order valence-corrected chi connectivity index (χ2v) is 5.83. The molecule has 0 amide bonds. The molecule has 3 nitrogen and oxygen atoms in total. The number of hydrogen-bond acceptors (Lipinski definition) is 3. The Kier molecular flexibility index (Phi) is 4.46. The first-order chi connectivity index (χ1) is 8.64. The van der Waals surface area contributed by atoms with Crippen LogP contribution >= 0.6 is 0 Å². The van der Waals surface area contributed by atoms with Crippen molar-refractivity contribution in [2.24, 2.45) is 0 Å². The molecule has 0 spiro atoms. The lowest BCUT2D eigenvalue weighted by Crippen LogP contribution is -2.59. The van der Waals surface area contributed by atoms with Gasteiger partial charge in [0.2, 0.25) is 0 Å². The summed E-state index contributed by atoms with van der Waals surface area (Å²) in [4.78, 5) is 2.63. The zero-order valence-electron chi connectivity index (χ0n) is 11.9. The molecule has 2 rings (SSSR count). The van der Waals surface area contributed by atoms with Crippen molar-refractivity contribution in [3.8, 4) is 0 Å². The van der Waals surface area contributed by atoms with Gasteiger partial charge in [-0.1, -0.05) is 6.42 Å². The Bertz CT molecular complexity index is 339. The van der Waals surface area contributed by atoms with Gasteiger partial charge in [-0.05, 0) is 59.0 Å². The van der Waals surface area contributed by atoms with E-state index in [1.165, 1.54) is 32.4 Å². The van der Waals surface area contributed by atoms with Gasteiger partial charge in [-0.3, -0.25) is 4.90 Å². The molecule has 102 valence electrons. The third kappa shape index (κ3) is 2.96. The van der Waals surface area contributed by atoms with Gasteiger partial charge >= 0.3 is 0 Å². The molecular weight excluding hydrogens is 224 g/mol. The first-order valence-electron chi connectivity index (χ1n) is 7.09. The number of rotatable bonds is 5. The molecule has 1 aromatic rings. The number of nitrogens with one attached hydrogen (secondary N) is 1. The topological polar surface area (TPSA) is 28.4 Å². The maximum absolute atomic E-state index is 5.49. The molecule has 1 aliphatic rings. The van der Waals surface area contributed by atoms with Gasteiger partial charge in [-0.2, -0.15) is 0 Å². The fraction of sp³-hybridized carbons (Fsp3) is 0.733. The normalized spacial score (nSPS) is 19.9. The summed E-state index contributed by atoms with van der Waals surface area (Å²) < 4.78 is 5.49. The van der Waals surface area contributed by atoms with Crippen LogP contribution in [0.25, 0.3) is 0 Å². The van der Waals surface area contributed by atoms with Gasteiger partial charge in [-0.25, -0.2) is 0 Å². The Morgan fingerprint density at radius 3 is 2.61 bits per heavy atom. The van der Waals surface area contributed by atoms with Crippen LogP contribution in [0.15, 0.2) is 22.8 Å². The van der Waals surface area contributed by atoms with Gasteiger partial charge < -0.3 is 9.73 Å². The van der Waals surface area contributed by atoms with Crippen molar-refractivity contribution in [2.45, 2.75) is 51.1 Å². The predicted octanol–water partition coefficient (Wildman–Crippen LogP) is 2.67. The molecule has 1 atom stereocenters. The number of nitrogens with zero attached hydrogens (tertiary/aromatic N) is 1. The van der Waals surface area contributed by atoms with E-state index in [0.717, 1.165) is 12.2 Å². The summed E-state index contributed by atoms with van der Waals surface area (Å²) in [5.74, 6) is 1.07. The second-order valence-electron chi connectivity index (χ2n) is 5.83. The third-order valence-corrected chi connectivity index (χ3v) is 4.36. The van der Waals surface area contributed by atoms with Crippen LogP contribution in [-0.4, -0.2) is 36.6 Å². The van der Waals surface area contributed by atoms with Crippen molar-refractivity contribution >= 4 is 0 Å². The van der Waals surface area contributed by atoms with Crippen molar-refractivity contribution in [1.82, 2.24) is 10.2 Å². The summed E-state index contributed by atoms with van der Waals surface area (Å²) in [7, 11) is 2.05. The van der Waals surface area contributed by atoms with Crippen molar-refractivity contribution in [1.29, 1.82) is 0 Å². The highest BCUT2D eigenvalue weighted by atomic mass is 16.3. The van der Waals surface area contributed by atoms with Crippen LogP contribution in [0, 0.1) is 0 Å². The fourth-order valence-electron chi connectivity index (χ4n) is 3.03. The van der Waals surface area contributed by atoms with Crippen molar-refractivity contribution in [3.63, 3.8) is 0 Å². The monoisotopic (exact) mass is 250 g/mol. The second kappa shape index (κ2) is 5.89. The Balaban J connectivity index is 2.04. The Hall–Kier alpha value is -0.800. The average Bonchev–Trinajstić information content (AvgIpc) is 2.89. The van der Waals surface area contributed by atoms with E-state index in [1.54, 1.807) is 6.26 Å². The van der Waals surface area contributed by atoms with Crippen LogP contribution < -0.4 is 5.32 Å². The van der Waals surface area contributed by atoms with Crippen LogP contribution in [0.2, 0.25) is 0 Å². The van der Waals surface area contributed by atoms with Crippen molar-refractivity contribution < 1.29 is 4.42 Å². The summed E-state index contributed by atoms with van der Waals surface area (Å²) in [6, 6.07) is 4.45. The van der Waals surface area contributed by atoms with Crippen LogP contribution in [0.4, 0.5) is 0 Å². The number of piperidine rings is 1. The molecule has 0 aliphatic carbocycles. The summed E-state index contributed by atoms with van der Waals surface area (Å²) >= 11 is 0. The third-order valence-electron chi connectivity index (χ3n) is 4.36. The minimum Gasteiger partial charge on any atom is -0.469 e. The number of hydrogen-bond donors (Lipinski definition) is 1. The van der Waals surface area contributed by atoms with Gasteiger partial charge in [0.05, 0.1) is 6.26 Å². The fourth-order valence-corrected chi connectivity index (χ4v) is 3.03. The largest absolute Gasteiger partial charge is 0.469 e. The number of furan rings is 1. The van der Waals surface area contributed by atoms with Crippen LogP contribution in [0.3, 0.4) is 0 Å². The molecule has 0 radical (unpaired) electrons. The van der Waals surface area contributed by atoms with E-state index in [9.17, 15) is 0 Å². The standard InChI is InChI=1S/C15H26N2O/c1-15(2,17-9-5-4-6-10-17)14(16-3)12-13-8-7-11-18-13/h7-8,11,14,16H,4-6,9-10,12H2,1-3H3. The van der Waals surface area contributed by atoms with Gasteiger partial charge in [0.25, 0.3) is 0 Å². The van der Waals surface area contributed by atoms with Crippen LogP contribution in [0.1, 0.15) is 38.9 Å². The van der Waals surface area contributed by atoms with E-state index in [-0.39, 0.29) is 5.54 Å². The summed E-state index contributed by atoms with van der Waals surface area (Å²) in [6.07, 6.45) is 6.76. The minimum absolute atomic E-state index is 0.169. The minimum atomic E-state index is 0.169. The van der Waals surface area contributed by atoms with Crippen LogP contribution in [-0.2, 0) is 6.42 Å². The molecule has 1 N–H and O–H groups in total. The molecule has 0 saturated carbocycles. The predicted molar refractivity (Wildman–Crippen MR) is 74.8 cm³/mol. The van der Waals surface area contributed by atoms with Gasteiger partial charge in [-0.15, -0.1) is 0 Å². The lowest BCUT2D eigenvalue weighted by atomic mass is 9.87. The van der Waals surface area contributed by atoms with E-state index in [0.29, 0.717) is 6.04 Å². The quantitative estimate of drug-likeness (QED) is 0.871. The molecule has 1 unspecified atom stereocenters.